The maximum absolute atomic E-state index is 13.1. The van der Waals surface area contributed by atoms with E-state index in [1.165, 1.54) is 7.11 Å². The highest BCUT2D eigenvalue weighted by Gasteiger charge is 2.32. The minimum Gasteiger partial charge on any atom is -0.467 e. The van der Waals surface area contributed by atoms with Crippen molar-refractivity contribution in [2.45, 2.75) is 25.5 Å². The quantitative estimate of drug-likeness (QED) is 0.424. The van der Waals surface area contributed by atoms with Gasteiger partial charge >= 0.3 is 12.0 Å². The van der Waals surface area contributed by atoms with Gasteiger partial charge in [0.05, 0.1) is 24.9 Å². The predicted octanol–water partition coefficient (Wildman–Crippen LogP) is 3.43. The van der Waals surface area contributed by atoms with Crippen molar-refractivity contribution < 1.29 is 14.6 Å². The van der Waals surface area contributed by atoms with Crippen molar-refractivity contribution >= 4 is 11.8 Å². The molecule has 0 saturated carbocycles. The van der Waals surface area contributed by atoms with Gasteiger partial charge in [0.25, 0.3) is 0 Å². The minimum absolute atomic E-state index is 0.261. The number of rotatable bonds is 5. The van der Waals surface area contributed by atoms with Gasteiger partial charge in [-0.1, -0.05) is 42.5 Å². The van der Waals surface area contributed by atoms with Crippen LogP contribution in [0.4, 0.5) is 10.6 Å². The summed E-state index contributed by atoms with van der Waals surface area (Å²) < 4.78 is 6.72. The van der Waals surface area contributed by atoms with Crippen LogP contribution >= 0.6 is 0 Å². The number of carbonyl (C=O) groups is 1. The number of fused-ring (bicyclic) bond motifs is 1. The lowest BCUT2D eigenvalue weighted by Gasteiger charge is -2.19. The number of hydrogen-bond donors (Lipinski definition) is 3. The van der Waals surface area contributed by atoms with Gasteiger partial charge in [-0.3, -0.25) is 5.32 Å². The zero-order chi connectivity index (χ0) is 23.7. The van der Waals surface area contributed by atoms with Crippen LogP contribution in [0.1, 0.15) is 22.7 Å². The highest BCUT2D eigenvalue weighted by molar-refractivity contribution is 5.91. The van der Waals surface area contributed by atoms with Crippen molar-refractivity contribution in [1.82, 2.24) is 25.1 Å². The fraction of sp³-hybridized carbons (Fsp3) is 0.200. The molecule has 0 fully saturated rings. The molecule has 1 aliphatic carbocycles. The molecule has 2 aromatic heterocycles. The van der Waals surface area contributed by atoms with E-state index >= 15 is 0 Å². The molecule has 2 heterocycles. The molecule has 0 radical (unpaired) electrons. The van der Waals surface area contributed by atoms with Gasteiger partial charge in [-0.2, -0.15) is 5.10 Å². The first-order chi connectivity index (χ1) is 16.5. The lowest BCUT2D eigenvalue weighted by Crippen LogP contribution is -2.37. The van der Waals surface area contributed by atoms with Gasteiger partial charge in [-0.25, -0.2) is 19.4 Å². The number of urea groups is 1. The van der Waals surface area contributed by atoms with Gasteiger partial charge in [0.2, 0.25) is 0 Å². The lowest BCUT2D eigenvalue weighted by atomic mass is 10.1. The Labute approximate surface area is 196 Å². The number of hydrogen-bond acceptors (Lipinski definition) is 6. The zero-order valence-electron chi connectivity index (χ0n) is 18.8. The van der Waals surface area contributed by atoms with Crippen molar-refractivity contribution in [3.05, 3.63) is 83.7 Å². The van der Waals surface area contributed by atoms with Crippen molar-refractivity contribution in [3.63, 3.8) is 0 Å². The molecule has 0 bridgehead atoms. The van der Waals surface area contributed by atoms with E-state index in [1.54, 1.807) is 17.1 Å². The maximum Gasteiger partial charge on any atom is 0.320 e. The zero-order valence-corrected chi connectivity index (χ0v) is 18.8. The summed E-state index contributed by atoms with van der Waals surface area (Å²) in [4.78, 5) is 21.4. The van der Waals surface area contributed by atoms with Crippen molar-refractivity contribution in [1.29, 1.82) is 0 Å². The van der Waals surface area contributed by atoms with Crippen LogP contribution in [0, 0.1) is 6.92 Å². The highest BCUT2D eigenvalue weighted by atomic mass is 16.5. The molecular weight excluding hydrogens is 432 g/mol. The average molecular weight is 457 g/mol. The summed E-state index contributed by atoms with van der Waals surface area (Å²) in [5.41, 5.74) is 4.82. The van der Waals surface area contributed by atoms with E-state index in [4.69, 9.17) is 9.84 Å². The molecule has 0 aliphatic heterocycles. The third-order valence-electron chi connectivity index (χ3n) is 5.93. The molecule has 2 atom stereocenters. The first-order valence-corrected chi connectivity index (χ1v) is 10.9. The number of nitrogens with one attached hydrogen (secondary N) is 2. The molecule has 34 heavy (non-hydrogen) atoms. The van der Waals surface area contributed by atoms with Crippen LogP contribution < -0.4 is 15.4 Å². The van der Waals surface area contributed by atoms with Gasteiger partial charge in [0, 0.05) is 29.9 Å². The van der Waals surface area contributed by atoms with Gasteiger partial charge in [0.1, 0.15) is 11.5 Å². The Morgan fingerprint density at radius 3 is 2.53 bits per heavy atom. The third-order valence-corrected chi connectivity index (χ3v) is 5.93. The van der Waals surface area contributed by atoms with Crippen LogP contribution in [-0.2, 0) is 6.42 Å². The monoisotopic (exact) mass is 456 g/mol. The number of anilines is 1. The van der Waals surface area contributed by atoms with Crippen LogP contribution in [0.2, 0.25) is 0 Å². The molecule has 1 aliphatic rings. The number of ether oxygens (including phenoxy) is 1. The largest absolute Gasteiger partial charge is 0.467 e. The lowest BCUT2D eigenvalue weighted by molar-refractivity contribution is 0.144. The number of carbonyl (C=O) groups excluding carboxylic acids is 1. The highest BCUT2D eigenvalue weighted by Crippen LogP contribution is 2.33. The first-order valence-electron chi connectivity index (χ1n) is 10.9. The number of aromatic nitrogens is 4. The van der Waals surface area contributed by atoms with E-state index in [0.29, 0.717) is 23.5 Å². The number of aliphatic hydroxyl groups is 1. The molecule has 3 N–H and O–H groups in total. The molecule has 0 spiro atoms. The number of para-hydroxylation sites is 1. The van der Waals surface area contributed by atoms with Crippen LogP contribution in [0.3, 0.4) is 0 Å². The van der Waals surface area contributed by atoms with Gasteiger partial charge in [0.15, 0.2) is 0 Å². The Balaban J connectivity index is 1.47. The second-order valence-electron chi connectivity index (χ2n) is 8.07. The van der Waals surface area contributed by atoms with E-state index in [1.807, 2.05) is 61.5 Å². The van der Waals surface area contributed by atoms with Crippen LogP contribution in [0.15, 0.2) is 67.0 Å². The summed E-state index contributed by atoms with van der Waals surface area (Å²) in [6.45, 7) is 1.88. The van der Waals surface area contributed by atoms with E-state index in [2.05, 4.69) is 20.6 Å². The summed E-state index contributed by atoms with van der Waals surface area (Å²) in [5, 5.41) is 21.1. The molecule has 4 aromatic rings. The normalized spacial score (nSPS) is 16.7. The molecule has 0 saturated heterocycles. The van der Waals surface area contributed by atoms with Crippen molar-refractivity contribution in [2.75, 3.05) is 12.4 Å². The second-order valence-corrected chi connectivity index (χ2v) is 8.07. The van der Waals surface area contributed by atoms with Crippen LogP contribution in [0.25, 0.3) is 16.9 Å². The van der Waals surface area contributed by atoms with Gasteiger partial charge < -0.3 is 15.2 Å². The fourth-order valence-electron chi connectivity index (χ4n) is 4.25. The number of benzene rings is 2. The molecule has 9 heteroatoms. The Kier molecular flexibility index (Phi) is 5.69. The molecular formula is C25H24N6O3. The molecule has 9 nitrogen and oxygen atoms in total. The Morgan fingerprint density at radius 1 is 1.09 bits per heavy atom. The smallest absolute Gasteiger partial charge is 0.320 e. The molecule has 2 amide bonds. The third kappa shape index (κ3) is 3.97. The van der Waals surface area contributed by atoms with E-state index < -0.39 is 18.2 Å². The average Bonchev–Trinajstić information content (AvgIpc) is 3.36. The molecule has 5 rings (SSSR count). The standard InChI is InChI=1S/C25H24N6O3/c1-15-21(17-13-26-25(34-2)27-14-17)30-31(18-9-4-3-5-10-18)23(15)29-24(33)28-22-19-11-7-6-8-16(19)12-20(22)32/h3-11,13-14,20,22,32H,12H2,1-2H3,(H2,28,29,33)/t20?,22-/m1/s1. The second kappa shape index (κ2) is 8.95. The summed E-state index contributed by atoms with van der Waals surface area (Å²) in [7, 11) is 1.50. The van der Waals surface area contributed by atoms with Gasteiger partial charge in [-0.05, 0) is 30.2 Å². The first kappa shape index (κ1) is 21.6. The molecule has 1 unspecified atom stereocenters. The Bertz CT molecular complexity index is 1320. The summed E-state index contributed by atoms with van der Waals surface area (Å²) in [6.07, 6.45) is 3.08. The summed E-state index contributed by atoms with van der Waals surface area (Å²) in [6, 6.07) is 16.6. The predicted molar refractivity (Wildman–Crippen MR) is 127 cm³/mol. The SMILES string of the molecule is COc1ncc(-c2nn(-c3ccccc3)c(NC(=O)N[C@@H]3c4ccccc4CC3O)c2C)cn1. The number of amides is 2. The van der Waals surface area contributed by atoms with Gasteiger partial charge in [-0.15, -0.1) is 0 Å². The molecule has 172 valence electrons. The van der Waals surface area contributed by atoms with Crippen molar-refractivity contribution in [3.8, 4) is 23.0 Å². The van der Waals surface area contributed by atoms with Crippen LogP contribution in [0.5, 0.6) is 6.01 Å². The van der Waals surface area contributed by atoms with E-state index in [0.717, 1.165) is 22.4 Å². The summed E-state index contributed by atoms with van der Waals surface area (Å²) >= 11 is 0. The van der Waals surface area contributed by atoms with E-state index in [9.17, 15) is 9.90 Å². The Morgan fingerprint density at radius 2 is 1.79 bits per heavy atom. The fourth-order valence-corrected chi connectivity index (χ4v) is 4.25. The topological polar surface area (TPSA) is 114 Å². The number of nitrogens with zero attached hydrogens (tertiary/aromatic N) is 4. The van der Waals surface area contributed by atoms with Crippen molar-refractivity contribution in [2.24, 2.45) is 0 Å². The van der Waals surface area contributed by atoms with E-state index in [-0.39, 0.29) is 6.01 Å². The Hall–Kier alpha value is -4.24. The summed E-state index contributed by atoms with van der Waals surface area (Å²) in [5.74, 6) is 0.510. The van der Waals surface area contributed by atoms with Crippen LogP contribution in [-0.4, -0.2) is 44.1 Å². The minimum atomic E-state index is -0.685. The number of methoxy groups -OCH3 is 1. The number of aliphatic hydroxyl groups excluding tert-OH is 1. The molecule has 2 aromatic carbocycles. The maximum atomic E-state index is 13.1.